The molecule has 0 atom stereocenters. The molecule has 0 amide bonds. The Balaban J connectivity index is 0.000000381. The summed E-state index contributed by atoms with van der Waals surface area (Å²) in [5.41, 5.74) is 1.54. The van der Waals surface area contributed by atoms with E-state index in [1.165, 1.54) is 21.8 Å². The van der Waals surface area contributed by atoms with Gasteiger partial charge in [0.2, 0.25) is 0 Å². The largest absolute Gasteiger partial charge is 0.357 e. The van der Waals surface area contributed by atoms with Crippen molar-refractivity contribution in [3.63, 3.8) is 0 Å². The summed E-state index contributed by atoms with van der Waals surface area (Å²) in [6, 6.07) is 8.48. The van der Waals surface area contributed by atoms with Crippen LogP contribution in [0.5, 0.6) is 0 Å². The molecule has 31 heavy (non-hydrogen) atoms. The van der Waals surface area contributed by atoms with Gasteiger partial charge in [0.15, 0.2) is 0 Å². The molecule has 2 aliphatic carbocycles. The molecule has 4 rings (SSSR count). The number of hydrogen-bond acceptors (Lipinski definition) is 5. The first-order valence-electron chi connectivity index (χ1n) is 10.0. The number of nitrogens with zero attached hydrogens (tertiary/aromatic N) is 5. The maximum atomic E-state index is 12.6. The highest BCUT2D eigenvalue weighted by Gasteiger charge is 2.26. The Morgan fingerprint density at radius 3 is 2.26 bits per heavy atom. The van der Waals surface area contributed by atoms with Crippen LogP contribution in [0, 0.1) is 16.0 Å². The van der Waals surface area contributed by atoms with Crippen LogP contribution >= 0.6 is 0 Å². The predicted octanol–water partition coefficient (Wildman–Crippen LogP) is 3.17. The number of aromatic nitrogens is 4. The summed E-state index contributed by atoms with van der Waals surface area (Å²) in [6.07, 6.45) is 6.34. The number of benzene rings is 1. The molecule has 2 aromatic heterocycles. The molecule has 0 spiro atoms. The SMILES string of the molecule is CCn1c(=O)c([N+](=O)[O-])c(C=Cc2cnn(C)c2)n(CC(C)C)c1=O.c1cc2cc-2c1. The van der Waals surface area contributed by atoms with E-state index in [4.69, 9.17) is 0 Å². The molecule has 0 fully saturated rings. The molecule has 0 aliphatic heterocycles. The van der Waals surface area contributed by atoms with Crippen molar-refractivity contribution in [3.05, 3.63) is 78.9 Å². The molecule has 2 heterocycles. The lowest BCUT2D eigenvalue weighted by Gasteiger charge is -2.14. The van der Waals surface area contributed by atoms with Gasteiger partial charge in [-0.1, -0.05) is 32.0 Å². The van der Waals surface area contributed by atoms with Gasteiger partial charge in [0.05, 0.1) is 11.1 Å². The minimum absolute atomic E-state index is 0.00209. The molecular formula is C22H25N5O4. The van der Waals surface area contributed by atoms with Crippen LogP contribution in [0.15, 0.2) is 46.2 Å². The fourth-order valence-electron chi connectivity index (χ4n) is 3.24. The Bertz CT molecular complexity index is 1250. The molecule has 0 saturated heterocycles. The number of fused-ring (bicyclic) bond motifs is 1. The zero-order valence-corrected chi connectivity index (χ0v) is 18.0. The first kappa shape index (κ1) is 21.9. The number of rotatable bonds is 6. The summed E-state index contributed by atoms with van der Waals surface area (Å²) in [4.78, 5) is 35.8. The van der Waals surface area contributed by atoms with E-state index < -0.39 is 21.9 Å². The molecule has 2 aromatic rings. The van der Waals surface area contributed by atoms with Crippen molar-refractivity contribution in [2.75, 3.05) is 0 Å². The van der Waals surface area contributed by atoms with E-state index in [9.17, 15) is 19.7 Å². The van der Waals surface area contributed by atoms with Gasteiger partial charge < -0.3 is 0 Å². The Hall–Kier alpha value is -3.75. The molecule has 9 heteroatoms. The molecule has 9 nitrogen and oxygen atoms in total. The quantitative estimate of drug-likeness (QED) is 0.350. The van der Waals surface area contributed by atoms with E-state index >= 15 is 0 Å². The van der Waals surface area contributed by atoms with E-state index in [1.807, 2.05) is 13.8 Å². The standard InChI is InChI=1S/C16H21N5O4.C6H4/c1-5-19-15(22)14(21(24)25)13(20(16(19)23)9-11(2)3)7-6-12-8-17-18(4)10-12;1-2-5-4-6(5)3-1/h6-8,10-11H,5,9H2,1-4H3;1-4H. The lowest BCUT2D eigenvalue weighted by Crippen LogP contribution is -2.42. The molecule has 0 N–H and O–H groups in total. The Morgan fingerprint density at radius 2 is 1.84 bits per heavy atom. The second-order valence-corrected chi connectivity index (χ2v) is 7.69. The summed E-state index contributed by atoms with van der Waals surface area (Å²) in [5, 5.41) is 15.5. The fraction of sp³-hybridized carbons (Fsp3) is 0.318. The second kappa shape index (κ2) is 8.95. The highest BCUT2D eigenvalue weighted by atomic mass is 16.6. The smallest absolute Gasteiger partial charge is 0.287 e. The molecular weight excluding hydrogens is 398 g/mol. The average Bonchev–Trinajstić information content (AvgIpc) is 3.07. The summed E-state index contributed by atoms with van der Waals surface area (Å²) in [6.45, 7) is 5.75. The van der Waals surface area contributed by atoms with Gasteiger partial charge in [-0.25, -0.2) is 4.79 Å². The van der Waals surface area contributed by atoms with Crippen LogP contribution in [-0.4, -0.2) is 23.8 Å². The molecule has 162 valence electrons. The maximum Gasteiger partial charge on any atom is 0.357 e. The van der Waals surface area contributed by atoms with Crippen LogP contribution in [0.2, 0.25) is 0 Å². The van der Waals surface area contributed by atoms with Crippen molar-refractivity contribution in [1.29, 1.82) is 0 Å². The topological polar surface area (TPSA) is 105 Å². The summed E-state index contributed by atoms with van der Waals surface area (Å²) in [7, 11) is 1.75. The van der Waals surface area contributed by atoms with Gasteiger partial charge in [0.1, 0.15) is 5.69 Å². The third-order valence-electron chi connectivity index (χ3n) is 4.76. The van der Waals surface area contributed by atoms with E-state index in [0.29, 0.717) is 5.56 Å². The monoisotopic (exact) mass is 423 g/mol. The molecule has 0 radical (unpaired) electrons. The Morgan fingerprint density at radius 1 is 1.16 bits per heavy atom. The maximum absolute atomic E-state index is 12.6. The highest BCUT2D eigenvalue weighted by Crippen LogP contribution is 2.32. The number of hydrogen-bond donors (Lipinski definition) is 0. The van der Waals surface area contributed by atoms with Crippen molar-refractivity contribution in [2.45, 2.75) is 33.9 Å². The highest BCUT2D eigenvalue weighted by molar-refractivity contribution is 5.80. The molecule has 2 aliphatic rings. The van der Waals surface area contributed by atoms with Crippen molar-refractivity contribution < 1.29 is 4.92 Å². The second-order valence-electron chi connectivity index (χ2n) is 7.69. The van der Waals surface area contributed by atoms with Gasteiger partial charge >= 0.3 is 16.9 Å². The van der Waals surface area contributed by atoms with Gasteiger partial charge in [0.25, 0.3) is 0 Å². The first-order chi connectivity index (χ1) is 14.7. The van der Waals surface area contributed by atoms with Crippen LogP contribution in [0.4, 0.5) is 5.69 Å². The van der Waals surface area contributed by atoms with Gasteiger partial charge in [-0.05, 0) is 42.2 Å². The van der Waals surface area contributed by atoms with E-state index in [0.717, 1.165) is 4.57 Å². The Labute approximate surface area is 179 Å². The number of aryl methyl sites for hydroxylation is 1. The van der Waals surface area contributed by atoms with E-state index in [2.05, 4.69) is 29.4 Å². The molecule has 0 aromatic carbocycles. The summed E-state index contributed by atoms with van der Waals surface area (Å²) < 4.78 is 3.77. The van der Waals surface area contributed by atoms with E-state index in [-0.39, 0.29) is 24.7 Å². The Kier molecular flexibility index (Phi) is 6.33. The lowest BCUT2D eigenvalue weighted by molar-refractivity contribution is -0.387. The van der Waals surface area contributed by atoms with Crippen LogP contribution in [0.3, 0.4) is 0 Å². The fourth-order valence-corrected chi connectivity index (χ4v) is 3.24. The summed E-state index contributed by atoms with van der Waals surface area (Å²) in [5.74, 6) is 0.0747. The average molecular weight is 423 g/mol. The minimum atomic E-state index is -0.886. The van der Waals surface area contributed by atoms with E-state index in [1.54, 1.807) is 37.1 Å². The van der Waals surface area contributed by atoms with Gasteiger partial charge in [0, 0.05) is 31.9 Å². The van der Waals surface area contributed by atoms with Crippen molar-refractivity contribution in [3.8, 4) is 11.1 Å². The minimum Gasteiger partial charge on any atom is -0.287 e. The lowest BCUT2D eigenvalue weighted by atomic mass is 10.2. The number of nitro groups is 1. The predicted molar refractivity (Wildman–Crippen MR) is 120 cm³/mol. The van der Waals surface area contributed by atoms with Crippen LogP contribution in [0.25, 0.3) is 23.3 Å². The molecule has 0 bridgehead atoms. The van der Waals surface area contributed by atoms with Gasteiger partial charge in [-0.15, -0.1) is 0 Å². The van der Waals surface area contributed by atoms with Crippen molar-refractivity contribution in [2.24, 2.45) is 13.0 Å². The normalized spacial score (nSPS) is 11.5. The van der Waals surface area contributed by atoms with Gasteiger partial charge in [-0.3, -0.25) is 28.7 Å². The zero-order valence-electron chi connectivity index (χ0n) is 18.0. The molecule has 0 unspecified atom stereocenters. The summed E-state index contributed by atoms with van der Waals surface area (Å²) >= 11 is 0. The van der Waals surface area contributed by atoms with Crippen LogP contribution in [-0.2, 0) is 20.1 Å². The third kappa shape index (κ3) is 4.88. The first-order valence-corrected chi connectivity index (χ1v) is 10.0. The van der Waals surface area contributed by atoms with Crippen molar-refractivity contribution in [1.82, 2.24) is 18.9 Å². The van der Waals surface area contributed by atoms with Gasteiger partial charge in [-0.2, -0.15) is 5.10 Å². The zero-order chi connectivity index (χ0) is 22.7. The van der Waals surface area contributed by atoms with Crippen molar-refractivity contribution >= 4 is 17.8 Å². The van der Waals surface area contributed by atoms with Crippen LogP contribution in [0.1, 0.15) is 32.0 Å². The van der Waals surface area contributed by atoms with Crippen LogP contribution < -0.4 is 11.2 Å². The third-order valence-corrected chi connectivity index (χ3v) is 4.76. The molecule has 0 saturated carbocycles.